The lowest BCUT2D eigenvalue weighted by molar-refractivity contribution is 0.363. The van der Waals surface area contributed by atoms with E-state index in [0.717, 1.165) is 12.3 Å². The molecule has 1 aromatic heterocycles. The lowest BCUT2D eigenvalue weighted by Gasteiger charge is -2.16. The van der Waals surface area contributed by atoms with Crippen LogP contribution < -0.4 is 5.73 Å². The van der Waals surface area contributed by atoms with Gasteiger partial charge in [-0.15, -0.1) is 11.8 Å². The van der Waals surface area contributed by atoms with Gasteiger partial charge in [-0.2, -0.15) is 4.98 Å². The average molecular weight is 213 g/mol. The van der Waals surface area contributed by atoms with Gasteiger partial charge in [0.1, 0.15) is 0 Å². The van der Waals surface area contributed by atoms with Gasteiger partial charge in [-0.25, -0.2) is 0 Å². The SMILES string of the molecule is CC(N)c1noc(C2CCCCS2)n1. The van der Waals surface area contributed by atoms with E-state index >= 15 is 0 Å². The highest BCUT2D eigenvalue weighted by atomic mass is 32.2. The molecule has 1 aliphatic heterocycles. The van der Waals surface area contributed by atoms with Gasteiger partial charge in [0, 0.05) is 0 Å². The third kappa shape index (κ3) is 2.09. The Kier molecular flexibility index (Phi) is 3.08. The second-order valence-electron chi connectivity index (χ2n) is 3.63. The summed E-state index contributed by atoms with van der Waals surface area (Å²) in [5.41, 5.74) is 5.66. The summed E-state index contributed by atoms with van der Waals surface area (Å²) in [6.07, 6.45) is 3.70. The van der Waals surface area contributed by atoms with Crippen molar-refractivity contribution in [2.24, 2.45) is 5.73 Å². The fraction of sp³-hybridized carbons (Fsp3) is 0.778. The molecule has 2 unspecified atom stereocenters. The molecule has 2 atom stereocenters. The van der Waals surface area contributed by atoms with Crippen LogP contribution in [0.4, 0.5) is 0 Å². The van der Waals surface area contributed by atoms with Crippen molar-refractivity contribution in [2.45, 2.75) is 37.5 Å². The Balaban J connectivity index is 2.07. The Morgan fingerprint density at radius 1 is 1.57 bits per heavy atom. The molecule has 2 N–H and O–H groups in total. The predicted molar refractivity (Wildman–Crippen MR) is 56.0 cm³/mol. The minimum absolute atomic E-state index is 0.138. The molecule has 2 heterocycles. The molecular formula is C9H15N3OS. The van der Waals surface area contributed by atoms with E-state index in [4.69, 9.17) is 10.3 Å². The Morgan fingerprint density at radius 3 is 3.00 bits per heavy atom. The zero-order valence-electron chi connectivity index (χ0n) is 8.27. The van der Waals surface area contributed by atoms with Crippen LogP contribution in [0, 0.1) is 0 Å². The first-order valence-corrected chi connectivity index (χ1v) is 6.03. The molecule has 0 amide bonds. The van der Waals surface area contributed by atoms with Gasteiger partial charge in [-0.05, 0) is 25.5 Å². The third-order valence-corrected chi connectivity index (χ3v) is 3.68. The maximum absolute atomic E-state index is 5.66. The Bertz CT molecular complexity index is 294. The van der Waals surface area contributed by atoms with Crippen molar-refractivity contribution in [2.75, 3.05) is 5.75 Å². The quantitative estimate of drug-likeness (QED) is 0.814. The van der Waals surface area contributed by atoms with E-state index in [1.807, 2.05) is 18.7 Å². The molecule has 1 saturated heterocycles. The monoisotopic (exact) mass is 213 g/mol. The van der Waals surface area contributed by atoms with Crippen LogP contribution in [0.1, 0.15) is 49.2 Å². The van der Waals surface area contributed by atoms with Crippen LogP contribution in [0.25, 0.3) is 0 Å². The predicted octanol–water partition coefficient (Wildman–Crippen LogP) is 2.05. The third-order valence-electron chi connectivity index (χ3n) is 2.32. The summed E-state index contributed by atoms with van der Waals surface area (Å²) in [7, 11) is 0. The molecule has 2 rings (SSSR count). The van der Waals surface area contributed by atoms with Gasteiger partial charge < -0.3 is 10.3 Å². The normalized spacial score (nSPS) is 24.9. The summed E-state index contributed by atoms with van der Waals surface area (Å²) in [4.78, 5) is 4.31. The summed E-state index contributed by atoms with van der Waals surface area (Å²) in [6.45, 7) is 1.86. The lowest BCUT2D eigenvalue weighted by Crippen LogP contribution is -2.07. The molecule has 0 spiro atoms. The van der Waals surface area contributed by atoms with E-state index in [9.17, 15) is 0 Å². The van der Waals surface area contributed by atoms with Gasteiger partial charge in [0.25, 0.3) is 0 Å². The largest absolute Gasteiger partial charge is 0.338 e. The van der Waals surface area contributed by atoms with Crippen LogP contribution in [-0.4, -0.2) is 15.9 Å². The van der Waals surface area contributed by atoms with E-state index < -0.39 is 0 Å². The second-order valence-corrected chi connectivity index (χ2v) is 4.95. The summed E-state index contributed by atoms with van der Waals surface area (Å²) < 4.78 is 5.20. The Hall–Kier alpha value is -0.550. The summed E-state index contributed by atoms with van der Waals surface area (Å²) >= 11 is 1.90. The number of nitrogens with zero attached hydrogens (tertiary/aromatic N) is 2. The number of rotatable bonds is 2. The van der Waals surface area contributed by atoms with Crippen molar-refractivity contribution < 1.29 is 4.52 Å². The van der Waals surface area contributed by atoms with Crippen LogP contribution in [0.15, 0.2) is 4.52 Å². The van der Waals surface area contributed by atoms with Gasteiger partial charge >= 0.3 is 0 Å². The van der Waals surface area contributed by atoms with Gasteiger partial charge in [-0.3, -0.25) is 0 Å². The molecule has 1 fully saturated rings. The highest BCUT2D eigenvalue weighted by Gasteiger charge is 2.22. The molecule has 4 nitrogen and oxygen atoms in total. The van der Waals surface area contributed by atoms with E-state index in [1.54, 1.807) is 0 Å². The molecular weight excluding hydrogens is 198 g/mol. The van der Waals surface area contributed by atoms with Crippen LogP contribution >= 0.6 is 11.8 Å². The van der Waals surface area contributed by atoms with Crippen LogP contribution in [0.5, 0.6) is 0 Å². The summed E-state index contributed by atoms with van der Waals surface area (Å²) in [5.74, 6) is 2.56. The number of aromatic nitrogens is 2. The first-order chi connectivity index (χ1) is 6.77. The molecule has 1 aliphatic rings. The number of hydrogen-bond acceptors (Lipinski definition) is 5. The van der Waals surface area contributed by atoms with Crippen molar-refractivity contribution >= 4 is 11.8 Å². The smallest absolute Gasteiger partial charge is 0.239 e. The van der Waals surface area contributed by atoms with E-state index in [0.29, 0.717) is 11.1 Å². The van der Waals surface area contributed by atoms with Gasteiger partial charge in [-0.1, -0.05) is 11.6 Å². The first-order valence-electron chi connectivity index (χ1n) is 4.98. The molecule has 0 aliphatic carbocycles. The summed E-state index contributed by atoms with van der Waals surface area (Å²) in [6, 6.07) is -0.138. The highest BCUT2D eigenvalue weighted by molar-refractivity contribution is 7.99. The zero-order valence-corrected chi connectivity index (χ0v) is 9.09. The minimum atomic E-state index is -0.138. The van der Waals surface area contributed by atoms with Crippen molar-refractivity contribution in [3.63, 3.8) is 0 Å². The van der Waals surface area contributed by atoms with Gasteiger partial charge in [0.15, 0.2) is 5.82 Å². The Morgan fingerprint density at radius 2 is 2.43 bits per heavy atom. The zero-order chi connectivity index (χ0) is 9.97. The van der Waals surface area contributed by atoms with E-state index in [1.165, 1.54) is 18.6 Å². The van der Waals surface area contributed by atoms with Crippen molar-refractivity contribution in [3.05, 3.63) is 11.7 Å². The van der Waals surface area contributed by atoms with Crippen molar-refractivity contribution in [3.8, 4) is 0 Å². The molecule has 0 bridgehead atoms. The molecule has 14 heavy (non-hydrogen) atoms. The van der Waals surface area contributed by atoms with Crippen LogP contribution in [0.2, 0.25) is 0 Å². The van der Waals surface area contributed by atoms with Gasteiger partial charge in [0.05, 0.1) is 11.3 Å². The number of nitrogens with two attached hydrogens (primary N) is 1. The standard InChI is InChI=1S/C9H15N3OS/c1-6(10)8-11-9(13-12-8)7-4-2-3-5-14-7/h6-7H,2-5,10H2,1H3. The maximum atomic E-state index is 5.66. The van der Waals surface area contributed by atoms with E-state index in [2.05, 4.69) is 10.1 Å². The van der Waals surface area contributed by atoms with Crippen LogP contribution in [0.3, 0.4) is 0 Å². The molecule has 78 valence electrons. The minimum Gasteiger partial charge on any atom is -0.338 e. The first kappa shape index (κ1) is 9.98. The van der Waals surface area contributed by atoms with E-state index in [-0.39, 0.29) is 6.04 Å². The second kappa shape index (κ2) is 4.31. The molecule has 0 radical (unpaired) electrons. The topological polar surface area (TPSA) is 64.9 Å². The highest BCUT2D eigenvalue weighted by Crippen LogP contribution is 2.37. The fourth-order valence-corrected chi connectivity index (χ4v) is 2.73. The number of thioether (sulfide) groups is 1. The average Bonchev–Trinajstić information content (AvgIpc) is 2.68. The van der Waals surface area contributed by atoms with Gasteiger partial charge in [0.2, 0.25) is 5.89 Å². The van der Waals surface area contributed by atoms with Crippen LogP contribution in [-0.2, 0) is 0 Å². The fourth-order valence-electron chi connectivity index (χ4n) is 1.50. The van der Waals surface area contributed by atoms with Crippen molar-refractivity contribution in [1.82, 2.24) is 10.1 Å². The maximum Gasteiger partial charge on any atom is 0.239 e. The number of hydrogen-bond donors (Lipinski definition) is 1. The lowest BCUT2D eigenvalue weighted by atomic mass is 10.2. The molecule has 5 heteroatoms. The molecule has 0 aromatic carbocycles. The Labute approximate surface area is 87.6 Å². The summed E-state index contributed by atoms with van der Waals surface area (Å²) in [5, 5.41) is 4.26. The molecule has 1 aromatic rings. The molecule has 0 saturated carbocycles. The van der Waals surface area contributed by atoms with Crippen molar-refractivity contribution in [1.29, 1.82) is 0 Å².